The maximum atomic E-state index is 14.2. The minimum atomic E-state index is -1.03. The lowest BCUT2D eigenvalue weighted by atomic mass is 9.85. The first-order valence-corrected chi connectivity index (χ1v) is 10.3. The lowest BCUT2D eigenvalue weighted by Crippen LogP contribution is -2.37. The smallest absolute Gasteiger partial charge is 0.303 e. The van der Waals surface area contributed by atoms with Crippen molar-refractivity contribution >= 4 is 28.6 Å². The molecule has 1 aliphatic rings. The standard InChI is InChI=1S/C24H22FN3O4/c1-13-8-21(30)27-24(16-3-5-18(25)15(11-16)4-7-22(31)32)23(13)20(29)10-14-2-6-19-17(9-14)12-26-28-19/h2-3,5-6,9,11-12,24H,4,7-8,10H2,1H3,(H,26,28)(H,27,30)(H,31,32). The second-order valence-corrected chi connectivity index (χ2v) is 8.01. The van der Waals surface area contributed by atoms with E-state index >= 15 is 0 Å². The Morgan fingerprint density at radius 2 is 2.03 bits per heavy atom. The number of aliphatic carboxylic acids is 1. The van der Waals surface area contributed by atoms with Gasteiger partial charge in [-0.2, -0.15) is 5.10 Å². The Balaban J connectivity index is 1.65. The molecule has 0 saturated heterocycles. The fourth-order valence-electron chi connectivity index (χ4n) is 4.11. The minimum absolute atomic E-state index is 0.0202. The average molecular weight is 435 g/mol. The molecule has 2 heterocycles. The number of fused-ring (bicyclic) bond motifs is 1. The van der Waals surface area contributed by atoms with E-state index in [4.69, 9.17) is 5.11 Å². The van der Waals surface area contributed by atoms with Gasteiger partial charge in [0.25, 0.3) is 0 Å². The molecule has 1 unspecified atom stereocenters. The first kappa shape index (κ1) is 21.4. The molecule has 164 valence electrons. The fraction of sp³-hybridized carbons (Fsp3) is 0.250. The molecule has 7 nitrogen and oxygen atoms in total. The molecule has 0 aliphatic carbocycles. The van der Waals surface area contributed by atoms with E-state index in [0.29, 0.717) is 16.7 Å². The van der Waals surface area contributed by atoms with Gasteiger partial charge < -0.3 is 10.4 Å². The summed E-state index contributed by atoms with van der Waals surface area (Å²) in [5, 5.41) is 19.5. The van der Waals surface area contributed by atoms with Crippen LogP contribution >= 0.6 is 0 Å². The molecule has 2 aromatic carbocycles. The summed E-state index contributed by atoms with van der Waals surface area (Å²) in [5.41, 5.74) is 3.63. The van der Waals surface area contributed by atoms with Crippen LogP contribution in [-0.4, -0.2) is 33.0 Å². The summed E-state index contributed by atoms with van der Waals surface area (Å²) in [7, 11) is 0. The molecule has 0 bridgehead atoms. The number of Topliss-reactive ketones (excluding diaryl/α,β-unsaturated/α-hetero) is 1. The number of ketones is 1. The quantitative estimate of drug-likeness (QED) is 0.527. The number of benzene rings is 2. The number of hydrogen-bond donors (Lipinski definition) is 3. The molecule has 1 amide bonds. The highest BCUT2D eigenvalue weighted by Gasteiger charge is 2.31. The van der Waals surface area contributed by atoms with Gasteiger partial charge in [-0.15, -0.1) is 0 Å². The van der Waals surface area contributed by atoms with Crippen molar-refractivity contribution in [2.75, 3.05) is 0 Å². The van der Waals surface area contributed by atoms with Crippen LogP contribution in [0.2, 0.25) is 0 Å². The minimum Gasteiger partial charge on any atom is -0.481 e. The van der Waals surface area contributed by atoms with Gasteiger partial charge in [0.15, 0.2) is 5.78 Å². The van der Waals surface area contributed by atoms with E-state index in [0.717, 1.165) is 16.5 Å². The number of nitrogens with one attached hydrogen (secondary N) is 2. The predicted octanol–water partition coefficient (Wildman–Crippen LogP) is 3.41. The Morgan fingerprint density at radius 1 is 1.22 bits per heavy atom. The van der Waals surface area contributed by atoms with Crippen LogP contribution in [0.4, 0.5) is 4.39 Å². The van der Waals surface area contributed by atoms with E-state index in [-0.39, 0.29) is 42.9 Å². The van der Waals surface area contributed by atoms with Crippen molar-refractivity contribution < 1.29 is 23.9 Å². The van der Waals surface area contributed by atoms with Gasteiger partial charge >= 0.3 is 5.97 Å². The van der Waals surface area contributed by atoms with Crippen LogP contribution in [0.3, 0.4) is 0 Å². The molecule has 1 aromatic heterocycles. The lowest BCUT2D eigenvalue weighted by Gasteiger charge is -2.28. The van der Waals surface area contributed by atoms with Gasteiger partial charge in [-0.05, 0) is 48.2 Å². The molecule has 0 spiro atoms. The largest absolute Gasteiger partial charge is 0.481 e. The SMILES string of the molecule is CC1=C(C(=O)Cc2ccc3[nH]ncc3c2)C(c2ccc(F)c(CCC(=O)O)c2)NC(=O)C1. The Hall–Kier alpha value is -3.81. The molecule has 3 aromatic rings. The van der Waals surface area contributed by atoms with Crippen molar-refractivity contribution in [2.24, 2.45) is 0 Å². The van der Waals surface area contributed by atoms with Crippen molar-refractivity contribution in [2.45, 2.75) is 38.6 Å². The fourth-order valence-corrected chi connectivity index (χ4v) is 4.11. The van der Waals surface area contributed by atoms with Gasteiger partial charge in [-0.25, -0.2) is 4.39 Å². The van der Waals surface area contributed by atoms with Gasteiger partial charge in [0.2, 0.25) is 5.91 Å². The lowest BCUT2D eigenvalue weighted by molar-refractivity contribution is -0.137. The van der Waals surface area contributed by atoms with Crippen LogP contribution in [0.25, 0.3) is 10.9 Å². The van der Waals surface area contributed by atoms with E-state index < -0.39 is 17.8 Å². The Kier molecular flexibility index (Phi) is 5.85. The van der Waals surface area contributed by atoms with Crippen LogP contribution in [0.5, 0.6) is 0 Å². The number of rotatable bonds is 7. The number of nitrogens with zero attached hydrogens (tertiary/aromatic N) is 1. The molecule has 0 saturated carbocycles. The third-order valence-corrected chi connectivity index (χ3v) is 5.66. The van der Waals surface area contributed by atoms with Crippen LogP contribution < -0.4 is 5.32 Å². The summed E-state index contributed by atoms with van der Waals surface area (Å²) in [5.74, 6) is -1.90. The van der Waals surface area contributed by atoms with Crippen molar-refractivity contribution in [3.05, 3.63) is 76.2 Å². The highest BCUT2D eigenvalue weighted by molar-refractivity contribution is 6.02. The number of carboxylic acid groups (broad SMARTS) is 1. The molecule has 4 rings (SSSR count). The van der Waals surface area contributed by atoms with E-state index in [1.54, 1.807) is 13.1 Å². The zero-order chi connectivity index (χ0) is 22.8. The Bertz CT molecular complexity index is 1260. The number of carbonyl (C=O) groups is 3. The maximum absolute atomic E-state index is 14.2. The Labute approximate surface area is 183 Å². The number of aryl methyl sites for hydroxylation is 1. The van der Waals surface area contributed by atoms with Crippen molar-refractivity contribution in [1.82, 2.24) is 15.5 Å². The monoisotopic (exact) mass is 435 g/mol. The molecule has 1 atom stereocenters. The summed E-state index contributed by atoms with van der Waals surface area (Å²) in [6.07, 6.45) is 1.76. The first-order valence-electron chi connectivity index (χ1n) is 10.3. The number of amides is 1. The Morgan fingerprint density at radius 3 is 2.81 bits per heavy atom. The zero-order valence-corrected chi connectivity index (χ0v) is 17.4. The first-order chi connectivity index (χ1) is 15.3. The van der Waals surface area contributed by atoms with Crippen molar-refractivity contribution in [3.8, 4) is 0 Å². The van der Waals surface area contributed by atoms with Crippen molar-refractivity contribution in [1.29, 1.82) is 0 Å². The average Bonchev–Trinajstić information content (AvgIpc) is 3.20. The molecular formula is C24H22FN3O4. The summed E-state index contributed by atoms with van der Waals surface area (Å²) >= 11 is 0. The topological polar surface area (TPSA) is 112 Å². The van der Waals surface area contributed by atoms with Gasteiger partial charge in [-0.3, -0.25) is 19.5 Å². The summed E-state index contributed by atoms with van der Waals surface area (Å²) < 4.78 is 14.2. The van der Waals surface area contributed by atoms with Crippen molar-refractivity contribution in [3.63, 3.8) is 0 Å². The predicted molar refractivity (Wildman–Crippen MR) is 115 cm³/mol. The summed E-state index contributed by atoms with van der Waals surface area (Å²) in [6, 6.07) is 9.20. The van der Waals surface area contributed by atoms with E-state index in [1.165, 1.54) is 18.2 Å². The van der Waals surface area contributed by atoms with Crippen LogP contribution in [0.1, 0.15) is 42.5 Å². The summed E-state index contributed by atoms with van der Waals surface area (Å²) in [4.78, 5) is 36.5. The number of carbonyl (C=O) groups excluding carboxylic acids is 2. The molecule has 8 heteroatoms. The number of carboxylic acids is 1. The number of aromatic nitrogens is 2. The van der Waals surface area contributed by atoms with Gasteiger partial charge in [0.05, 0.1) is 17.8 Å². The third-order valence-electron chi connectivity index (χ3n) is 5.66. The third kappa shape index (κ3) is 4.44. The second-order valence-electron chi connectivity index (χ2n) is 8.01. The molecule has 1 aliphatic heterocycles. The van der Waals surface area contributed by atoms with Gasteiger partial charge in [-0.1, -0.05) is 23.8 Å². The molecule has 0 fully saturated rings. The second kappa shape index (κ2) is 8.74. The zero-order valence-electron chi connectivity index (χ0n) is 17.4. The normalized spacial score (nSPS) is 16.3. The van der Waals surface area contributed by atoms with Gasteiger partial charge in [0, 0.05) is 30.2 Å². The highest BCUT2D eigenvalue weighted by Crippen LogP contribution is 2.32. The number of aromatic amines is 1. The number of halogens is 1. The van der Waals surface area contributed by atoms with E-state index in [9.17, 15) is 18.8 Å². The molecule has 32 heavy (non-hydrogen) atoms. The van der Waals surface area contributed by atoms with Crippen LogP contribution in [0.15, 0.2) is 53.7 Å². The number of H-pyrrole nitrogens is 1. The van der Waals surface area contributed by atoms with Crippen LogP contribution in [-0.2, 0) is 27.2 Å². The molecule has 3 N–H and O–H groups in total. The maximum Gasteiger partial charge on any atom is 0.303 e. The van der Waals surface area contributed by atoms with E-state index in [1.807, 2.05) is 18.2 Å². The van der Waals surface area contributed by atoms with Gasteiger partial charge in [0.1, 0.15) is 5.82 Å². The number of hydrogen-bond acceptors (Lipinski definition) is 4. The molecular weight excluding hydrogens is 413 g/mol. The molecule has 0 radical (unpaired) electrons. The van der Waals surface area contributed by atoms with Crippen LogP contribution in [0, 0.1) is 5.82 Å². The summed E-state index contributed by atoms with van der Waals surface area (Å²) in [6.45, 7) is 1.76. The van der Waals surface area contributed by atoms with E-state index in [2.05, 4.69) is 15.5 Å². The highest BCUT2D eigenvalue weighted by atomic mass is 19.1.